The predicted octanol–water partition coefficient (Wildman–Crippen LogP) is 2.12. The van der Waals surface area contributed by atoms with E-state index in [1.807, 2.05) is 60.7 Å². The number of urea groups is 1. The Labute approximate surface area is 198 Å². The van der Waals surface area contributed by atoms with Gasteiger partial charge in [0.05, 0.1) is 6.10 Å². The molecule has 0 radical (unpaired) electrons. The highest BCUT2D eigenvalue weighted by Crippen LogP contribution is 2.26. The van der Waals surface area contributed by atoms with E-state index in [9.17, 15) is 19.2 Å². The van der Waals surface area contributed by atoms with Gasteiger partial charge in [-0.1, -0.05) is 60.7 Å². The number of hydrogen-bond donors (Lipinski definition) is 1. The molecule has 2 atom stereocenters. The van der Waals surface area contributed by atoms with Crippen molar-refractivity contribution in [1.29, 1.82) is 0 Å². The lowest BCUT2D eigenvalue weighted by Gasteiger charge is -2.33. The van der Waals surface area contributed by atoms with Crippen molar-refractivity contribution in [2.75, 3.05) is 26.7 Å². The van der Waals surface area contributed by atoms with E-state index < -0.39 is 42.1 Å². The van der Waals surface area contributed by atoms with Gasteiger partial charge in [0.15, 0.2) is 12.1 Å². The normalized spacial score (nSPS) is 15.8. The van der Waals surface area contributed by atoms with E-state index in [-0.39, 0.29) is 13.1 Å². The molecule has 9 heteroatoms. The van der Waals surface area contributed by atoms with Gasteiger partial charge in [0.1, 0.15) is 0 Å². The number of carbonyl (C=O) groups is 4. The SMILES string of the molecule is CCN1CCN(C(=O)NC(C(=O)OC(c2ccccc2)c2ccccc2)C(C)OC)C(=O)C1=O. The Kier molecular flexibility index (Phi) is 8.37. The maximum Gasteiger partial charge on any atom is 0.332 e. The topological polar surface area (TPSA) is 105 Å². The van der Waals surface area contributed by atoms with Crippen molar-refractivity contribution in [2.24, 2.45) is 0 Å². The zero-order chi connectivity index (χ0) is 24.7. The molecular formula is C25H29N3O6. The van der Waals surface area contributed by atoms with Crippen LogP contribution in [0.4, 0.5) is 4.79 Å². The summed E-state index contributed by atoms with van der Waals surface area (Å²) in [6.07, 6.45) is -1.47. The van der Waals surface area contributed by atoms with Gasteiger partial charge in [-0.15, -0.1) is 0 Å². The molecular weight excluding hydrogens is 438 g/mol. The van der Waals surface area contributed by atoms with Gasteiger partial charge in [0.25, 0.3) is 0 Å². The van der Waals surface area contributed by atoms with Crippen molar-refractivity contribution in [3.63, 3.8) is 0 Å². The number of imide groups is 1. The fourth-order valence-electron chi connectivity index (χ4n) is 3.66. The number of nitrogens with one attached hydrogen (secondary N) is 1. The van der Waals surface area contributed by atoms with Crippen LogP contribution in [0.5, 0.6) is 0 Å². The number of piperazine rings is 1. The minimum atomic E-state index is -1.21. The zero-order valence-corrected chi connectivity index (χ0v) is 19.5. The smallest absolute Gasteiger partial charge is 0.332 e. The highest BCUT2D eigenvalue weighted by Gasteiger charge is 2.38. The number of amides is 4. The third-order valence-corrected chi connectivity index (χ3v) is 5.75. The van der Waals surface area contributed by atoms with Crippen LogP contribution in [0, 0.1) is 0 Å². The first-order valence-corrected chi connectivity index (χ1v) is 11.1. The molecule has 0 saturated carbocycles. The van der Waals surface area contributed by atoms with Crippen LogP contribution in [0.25, 0.3) is 0 Å². The van der Waals surface area contributed by atoms with E-state index in [1.165, 1.54) is 12.0 Å². The number of hydrogen-bond acceptors (Lipinski definition) is 6. The van der Waals surface area contributed by atoms with Gasteiger partial charge < -0.3 is 19.7 Å². The molecule has 4 amide bonds. The third kappa shape index (κ3) is 5.60. The van der Waals surface area contributed by atoms with Gasteiger partial charge in [-0.25, -0.2) is 9.59 Å². The zero-order valence-electron chi connectivity index (χ0n) is 19.5. The van der Waals surface area contributed by atoms with E-state index in [0.717, 1.165) is 16.0 Å². The van der Waals surface area contributed by atoms with E-state index in [1.54, 1.807) is 13.8 Å². The molecule has 34 heavy (non-hydrogen) atoms. The van der Waals surface area contributed by atoms with Crippen LogP contribution >= 0.6 is 0 Å². The number of benzene rings is 2. The number of esters is 1. The fourth-order valence-corrected chi connectivity index (χ4v) is 3.66. The quantitative estimate of drug-likeness (QED) is 0.471. The summed E-state index contributed by atoms with van der Waals surface area (Å²) in [7, 11) is 1.40. The molecule has 0 aliphatic carbocycles. The Hall–Kier alpha value is -3.72. The Morgan fingerprint density at radius 1 is 0.941 bits per heavy atom. The first kappa shape index (κ1) is 24.9. The molecule has 0 bridgehead atoms. The second kappa shape index (κ2) is 11.4. The standard InChI is InChI=1S/C25H29N3O6/c1-4-27-15-16-28(23(30)22(27)29)25(32)26-20(17(2)33-3)24(31)34-21(18-11-7-5-8-12-18)19-13-9-6-10-14-19/h5-14,17,20-21H,4,15-16H2,1-3H3,(H,26,32). The average molecular weight is 468 g/mol. The predicted molar refractivity (Wildman–Crippen MR) is 124 cm³/mol. The summed E-state index contributed by atoms with van der Waals surface area (Å²) in [5.41, 5.74) is 1.52. The molecule has 1 heterocycles. The molecule has 180 valence electrons. The number of methoxy groups -OCH3 is 1. The lowest BCUT2D eigenvalue weighted by Crippen LogP contribution is -2.61. The van der Waals surface area contributed by atoms with Crippen molar-refractivity contribution >= 4 is 23.8 Å². The molecule has 1 saturated heterocycles. The molecule has 2 unspecified atom stereocenters. The maximum absolute atomic E-state index is 13.3. The highest BCUT2D eigenvalue weighted by molar-refractivity contribution is 6.38. The van der Waals surface area contributed by atoms with Gasteiger partial charge >= 0.3 is 23.8 Å². The van der Waals surface area contributed by atoms with Crippen molar-refractivity contribution in [2.45, 2.75) is 32.1 Å². The van der Waals surface area contributed by atoms with Crippen molar-refractivity contribution < 1.29 is 28.7 Å². The largest absolute Gasteiger partial charge is 0.451 e. The number of nitrogens with zero attached hydrogens (tertiary/aromatic N) is 2. The monoisotopic (exact) mass is 467 g/mol. The fraction of sp³-hybridized carbons (Fsp3) is 0.360. The molecule has 9 nitrogen and oxygen atoms in total. The van der Waals surface area contributed by atoms with Crippen LogP contribution < -0.4 is 5.32 Å². The maximum atomic E-state index is 13.3. The van der Waals surface area contributed by atoms with E-state index in [0.29, 0.717) is 6.54 Å². The molecule has 1 N–H and O–H groups in total. The third-order valence-electron chi connectivity index (χ3n) is 5.75. The molecule has 1 aliphatic rings. The highest BCUT2D eigenvalue weighted by atomic mass is 16.5. The summed E-state index contributed by atoms with van der Waals surface area (Å²) >= 11 is 0. The van der Waals surface area contributed by atoms with E-state index >= 15 is 0 Å². The molecule has 2 aromatic carbocycles. The molecule has 2 aromatic rings. The van der Waals surface area contributed by atoms with Crippen molar-refractivity contribution in [3.05, 3.63) is 71.8 Å². The van der Waals surface area contributed by atoms with Gasteiger partial charge in [0.2, 0.25) is 0 Å². The Morgan fingerprint density at radius 3 is 2.00 bits per heavy atom. The van der Waals surface area contributed by atoms with Gasteiger partial charge in [0, 0.05) is 26.7 Å². The number of likely N-dealkylation sites (N-methyl/N-ethyl adjacent to an activating group) is 1. The van der Waals surface area contributed by atoms with Crippen LogP contribution in [0.2, 0.25) is 0 Å². The Morgan fingerprint density at radius 2 is 1.50 bits per heavy atom. The lowest BCUT2D eigenvalue weighted by atomic mass is 10.0. The molecule has 0 spiro atoms. The number of ether oxygens (including phenoxy) is 2. The number of rotatable bonds is 8. The second-order valence-corrected chi connectivity index (χ2v) is 7.85. The first-order chi connectivity index (χ1) is 16.4. The van der Waals surface area contributed by atoms with E-state index in [4.69, 9.17) is 9.47 Å². The molecule has 1 aliphatic heterocycles. The van der Waals surface area contributed by atoms with Gasteiger partial charge in [-0.2, -0.15) is 0 Å². The van der Waals surface area contributed by atoms with Gasteiger partial charge in [-0.05, 0) is 25.0 Å². The van der Waals surface area contributed by atoms with E-state index in [2.05, 4.69) is 5.32 Å². The average Bonchev–Trinajstić information content (AvgIpc) is 2.87. The Balaban J connectivity index is 1.80. The van der Waals surface area contributed by atoms with Crippen LogP contribution in [-0.4, -0.2) is 72.5 Å². The van der Waals surface area contributed by atoms with Crippen LogP contribution in [-0.2, 0) is 23.9 Å². The summed E-state index contributed by atoms with van der Waals surface area (Å²) in [6, 6.07) is 16.4. The Bertz CT molecular complexity index is 974. The van der Waals surface area contributed by atoms with Crippen LogP contribution in [0.1, 0.15) is 31.1 Å². The number of carbonyl (C=O) groups excluding carboxylic acids is 4. The summed E-state index contributed by atoms with van der Waals surface area (Å²) in [5.74, 6) is -2.42. The molecule has 1 fully saturated rings. The van der Waals surface area contributed by atoms with Crippen LogP contribution in [0.3, 0.4) is 0 Å². The van der Waals surface area contributed by atoms with Crippen molar-refractivity contribution in [3.8, 4) is 0 Å². The first-order valence-electron chi connectivity index (χ1n) is 11.1. The molecule has 0 aromatic heterocycles. The van der Waals surface area contributed by atoms with Crippen LogP contribution in [0.15, 0.2) is 60.7 Å². The molecule has 3 rings (SSSR count). The van der Waals surface area contributed by atoms with Gasteiger partial charge in [-0.3, -0.25) is 14.5 Å². The minimum absolute atomic E-state index is 0.0318. The summed E-state index contributed by atoms with van der Waals surface area (Å²) in [6.45, 7) is 3.99. The lowest BCUT2D eigenvalue weighted by molar-refractivity contribution is -0.155. The summed E-state index contributed by atoms with van der Waals surface area (Å²) in [4.78, 5) is 52.9. The minimum Gasteiger partial charge on any atom is -0.451 e. The summed E-state index contributed by atoms with van der Waals surface area (Å²) < 4.78 is 11.2. The van der Waals surface area contributed by atoms with Crippen molar-refractivity contribution in [1.82, 2.24) is 15.1 Å². The second-order valence-electron chi connectivity index (χ2n) is 7.85. The summed E-state index contributed by atoms with van der Waals surface area (Å²) in [5, 5.41) is 2.53.